The molecule has 0 aliphatic carbocycles. The molecule has 14 heavy (non-hydrogen) atoms. The minimum absolute atomic E-state index is 0.0134. The fraction of sp³-hybridized carbons (Fsp3) is 0.286. The third-order valence-corrected chi connectivity index (χ3v) is 1.64. The monoisotopic (exact) mass is 198 g/mol. The number of nitrogens with two attached hydrogens (primary N) is 2. The average Bonchev–Trinajstić information content (AvgIpc) is 2.43. The maximum Gasteiger partial charge on any atom is 0.267 e. The number of carbonyl (C=O) groups excluding carboxylic acids is 2. The third-order valence-electron chi connectivity index (χ3n) is 1.64. The van der Waals surface area contributed by atoms with Crippen molar-refractivity contribution in [2.45, 2.75) is 13.0 Å². The van der Waals surface area contributed by atoms with Crippen molar-refractivity contribution in [3.8, 4) is 0 Å². The summed E-state index contributed by atoms with van der Waals surface area (Å²) in [5.74, 6) is -1.24. The van der Waals surface area contributed by atoms with E-state index in [-0.39, 0.29) is 18.7 Å². The van der Waals surface area contributed by atoms with Gasteiger partial charge in [-0.3, -0.25) is 24.2 Å². The average molecular weight is 198 g/mol. The quantitative estimate of drug-likeness (QED) is 0.526. The minimum Gasteiger partial charge on any atom is -0.370 e. The SMILES string of the molecule is NC(=O)CCn1[nH]c(C(N)=O)cc1=O. The van der Waals surface area contributed by atoms with Crippen molar-refractivity contribution in [3.63, 3.8) is 0 Å². The molecule has 7 nitrogen and oxygen atoms in total. The van der Waals surface area contributed by atoms with Gasteiger partial charge in [0.25, 0.3) is 11.5 Å². The van der Waals surface area contributed by atoms with Crippen molar-refractivity contribution in [1.29, 1.82) is 0 Å². The summed E-state index contributed by atoms with van der Waals surface area (Å²) in [5.41, 5.74) is 9.43. The second-order valence-corrected chi connectivity index (χ2v) is 2.74. The molecule has 5 N–H and O–H groups in total. The highest BCUT2D eigenvalue weighted by Crippen LogP contribution is 1.89. The van der Waals surface area contributed by atoms with Gasteiger partial charge in [-0.1, -0.05) is 0 Å². The molecular formula is C7H10N4O3. The van der Waals surface area contributed by atoms with Gasteiger partial charge >= 0.3 is 0 Å². The summed E-state index contributed by atoms with van der Waals surface area (Å²) in [6.45, 7) is 0.113. The van der Waals surface area contributed by atoms with Gasteiger partial charge in [-0.25, -0.2) is 0 Å². The van der Waals surface area contributed by atoms with Crippen LogP contribution in [0, 0.1) is 0 Å². The number of carbonyl (C=O) groups is 2. The fourth-order valence-corrected chi connectivity index (χ4v) is 0.948. The molecule has 76 valence electrons. The maximum atomic E-state index is 11.1. The number of aryl methyl sites for hydroxylation is 1. The number of H-pyrrole nitrogens is 1. The molecule has 1 heterocycles. The Hall–Kier alpha value is -2.05. The first kappa shape index (κ1) is 10.0. The number of nitrogens with one attached hydrogen (secondary N) is 1. The molecule has 0 atom stereocenters. The van der Waals surface area contributed by atoms with Gasteiger partial charge in [-0.2, -0.15) is 0 Å². The fourth-order valence-electron chi connectivity index (χ4n) is 0.948. The van der Waals surface area contributed by atoms with Crippen LogP contribution in [-0.4, -0.2) is 21.6 Å². The summed E-state index contributed by atoms with van der Waals surface area (Å²) in [5, 5.41) is 2.46. The molecule has 0 saturated heterocycles. The summed E-state index contributed by atoms with van der Waals surface area (Å²) in [4.78, 5) is 32.2. The van der Waals surface area contributed by atoms with E-state index in [0.717, 1.165) is 10.7 Å². The Labute approximate surface area is 78.7 Å². The minimum atomic E-state index is -0.722. The van der Waals surface area contributed by atoms with E-state index in [1.165, 1.54) is 0 Å². The van der Waals surface area contributed by atoms with E-state index in [0.29, 0.717) is 0 Å². The number of hydrogen-bond donors (Lipinski definition) is 3. The highest BCUT2D eigenvalue weighted by molar-refractivity contribution is 5.90. The highest BCUT2D eigenvalue weighted by atomic mass is 16.2. The number of nitrogens with zero attached hydrogens (tertiary/aromatic N) is 1. The molecule has 0 unspecified atom stereocenters. The summed E-state index contributed by atoms with van der Waals surface area (Å²) in [7, 11) is 0. The molecule has 1 aromatic rings. The van der Waals surface area contributed by atoms with Gasteiger partial charge < -0.3 is 11.5 Å². The van der Waals surface area contributed by atoms with E-state index in [9.17, 15) is 14.4 Å². The van der Waals surface area contributed by atoms with Crippen molar-refractivity contribution in [1.82, 2.24) is 9.78 Å². The first-order valence-corrected chi connectivity index (χ1v) is 3.88. The smallest absolute Gasteiger partial charge is 0.267 e. The number of hydrogen-bond acceptors (Lipinski definition) is 3. The molecule has 0 fully saturated rings. The summed E-state index contributed by atoms with van der Waals surface area (Å²) in [6.07, 6.45) is 0.0264. The standard InChI is InChI=1S/C7H10N4O3/c8-5(12)1-2-11-6(13)3-4(10-11)7(9)14/h3,10H,1-2H2,(H2,8,12)(H2,9,14). The number of primary amides is 2. The number of aromatic amines is 1. The molecule has 0 aromatic carbocycles. The van der Waals surface area contributed by atoms with Gasteiger partial charge in [0, 0.05) is 12.5 Å². The third kappa shape index (κ3) is 2.22. The second kappa shape index (κ2) is 3.77. The number of aromatic nitrogens is 2. The molecule has 0 saturated carbocycles. The molecule has 0 bridgehead atoms. The van der Waals surface area contributed by atoms with Gasteiger partial charge in [0.2, 0.25) is 5.91 Å². The van der Waals surface area contributed by atoms with Gasteiger partial charge in [-0.05, 0) is 0 Å². The largest absolute Gasteiger partial charge is 0.370 e. The summed E-state index contributed by atoms with van der Waals surface area (Å²) in [6, 6.07) is 1.07. The van der Waals surface area contributed by atoms with E-state index in [1.807, 2.05) is 0 Å². The van der Waals surface area contributed by atoms with Crippen LogP contribution in [0.1, 0.15) is 16.9 Å². The molecule has 2 amide bonds. The van der Waals surface area contributed by atoms with Gasteiger partial charge in [0.05, 0.1) is 6.54 Å². The molecule has 1 rings (SSSR count). The first-order chi connectivity index (χ1) is 6.50. The van der Waals surface area contributed by atoms with E-state index in [4.69, 9.17) is 11.5 Å². The van der Waals surface area contributed by atoms with Crippen LogP contribution in [0.3, 0.4) is 0 Å². The molecule has 0 aliphatic heterocycles. The normalized spacial score (nSPS) is 10.0. The molecular weight excluding hydrogens is 188 g/mol. The molecule has 7 heteroatoms. The topological polar surface area (TPSA) is 124 Å². The maximum absolute atomic E-state index is 11.1. The van der Waals surface area contributed by atoms with Crippen LogP contribution in [0.4, 0.5) is 0 Å². The van der Waals surface area contributed by atoms with Gasteiger partial charge in [0.15, 0.2) is 0 Å². The van der Waals surface area contributed by atoms with E-state index in [1.54, 1.807) is 0 Å². The lowest BCUT2D eigenvalue weighted by Gasteiger charge is -1.97. The van der Waals surface area contributed by atoms with E-state index >= 15 is 0 Å². The molecule has 1 aromatic heterocycles. The Morgan fingerprint density at radius 2 is 2.07 bits per heavy atom. The predicted molar refractivity (Wildman–Crippen MR) is 47.4 cm³/mol. The zero-order valence-corrected chi connectivity index (χ0v) is 7.32. The van der Waals surface area contributed by atoms with Crippen molar-refractivity contribution < 1.29 is 9.59 Å². The Balaban J connectivity index is 2.83. The zero-order valence-electron chi connectivity index (χ0n) is 7.32. The predicted octanol–water partition coefficient (Wildman–Crippen LogP) is -1.85. The second-order valence-electron chi connectivity index (χ2n) is 2.74. The lowest BCUT2D eigenvalue weighted by atomic mass is 10.4. The van der Waals surface area contributed by atoms with Crippen LogP contribution in [0.2, 0.25) is 0 Å². The van der Waals surface area contributed by atoms with Crippen LogP contribution in [0.5, 0.6) is 0 Å². The molecule has 0 aliphatic rings. The van der Waals surface area contributed by atoms with Crippen molar-refractivity contribution in [2.75, 3.05) is 0 Å². The zero-order chi connectivity index (χ0) is 10.7. The van der Waals surface area contributed by atoms with Gasteiger partial charge in [0.1, 0.15) is 5.69 Å². The molecule has 0 spiro atoms. The van der Waals surface area contributed by atoms with Crippen LogP contribution < -0.4 is 17.0 Å². The van der Waals surface area contributed by atoms with Crippen LogP contribution in [-0.2, 0) is 11.3 Å². The van der Waals surface area contributed by atoms with Crippen molar-refractivity contribution >= 4 is 11.8 Å². The van der Waals surface area contributed by atoms with Crippen molar-refractivity contribution in [3.05, 3.63) is 22.1 Å². The Morgan fingerprint density at radius 3 is 2.50 bits per heavy atom. The summed E-state index contributed by atoms with van der Waals surface area (Å²) >= 11 is 0. The highest BCUT2D eigenvalue weighted by Gasteiger charge is 2.07. The summed E-state index contributed by atoms with van der Waals surface area (Å²) < 4.78 is 1.10. The Kier molecular flexibility index (Phi) is 2.70. The van der Waals surface area contributed by atoms with Crippen molar-refractivity contribution in [2.24, 2.45) is 11.5 Å². The van der Waals surface area contributed by atoms with E-state index < -0.39 is 17.4 Å². The first-order valence-electron chi connectivity index (χ1n) is 3.88. The van der Waals surface area contributed by atoms with E-state index in [2.05, 4.69) is 5.10 Å². The van der Waals surface area contributed by atoms with Crippen LogP contribution in [0.25, 0.3) is 0 Å². The van der Waals surface area contributed by atoms with Gasteiger partial charge in [-0.15, -0.1) is 0 Å². The lowest BCUT2D eigenvalue weighted by Crippen LogP contribution is -2.21. The Bertz CT molecular complexity index is 417. The Morgan fingerprint density at radius 1 is 1.43 bits per heavy atom. The number of rotatable bonds is 4. The number of amides is 2. The van der Waals surface area contributed by atoms with Crippen LogP contribution in [0.15, 0.2) is 10.9 Å². The lowest BCUT2D eigenvalue weighted by molar-refractivity contribution is -0.118. The van der Waals surface area contributed by atoms with Crippen LogP contribution >= 0.6 is 0 Å². The molecule has 0 radical (unpaired) electrons.